The van der Waals surface area contributed by atoms with E-state index in [0.717, 1.165) is 35.2 Å². The van der Waals surface area contributed by atoms with Crippen LogP contribution in [0.5, 0.6) is 0 Å². The fraction of sp³-hybridized carbons (Fsp3) is 0.261. The average Bonchev–Trinajstić information content (AvgIpc) is 3.07. The molecule has 4 nitrogen and oxygen atoms in total. The van der Waals surface area contributed by atoms with Crippen molar-refractivity contribution in [2.45, 2.75) is 26.7 Å². The first-order valence-electron chi connectivity index (χ1n) is 9.43. The molecule has 2 aliphatic rings. The van der Waals surface area contributed by atoms with Crippen LogP contribution < -0.4 is 0 Å². The molecule has 0 spiro atoms. The van der Waals surface area contributed by atoms with Crippen molar-refractivity contribution in [3.05, 3.63) is 76.9 Å². The monoisotopic (exact) mass is 395 g/mol. The third kappa shape index (κ3) is 5.22. The van der Waals surface area contributed by atoms with Gasteiger partial charge in [-0.2, -0.15) is 0 Å². The summed E-state index contributed by atoms with van der Waals surface area (Å²) >= 11 is 0. The molecule has 3 rings (SSSR count). The SMILES string of the molecule is C=N/C(=C\C(F)=C/C)OCC1=CC2CC/C=C(/c3ccc(F)cc3C)C=NC2=N1. The fourth-order valence-electron chi connectivity index (χ4n) is 3.21. The van der Waals surface area contributed by atoms with E-state index in [1.54, 1.807) is 19.2 Å². The lowest BCUT2D eigenvalue weighted by Gasteiger charge is -2.12. The van der Waals surface area contributed by atoms with Crippen LogP contribution in [0.3, 0.4) is 0 Å². The molecular weight excluding hydrogens is 372 g/mol. The van der Waals surface area contributed by atoms with Crippen LogP contribution in [0.15, 0.2) is 74.9 Å². The molecule has 6 heteroatoms. The molecule has 0 bridgehead atoms. The topological polar surface area (TPSA) is 46.3 Å². The van der Waals surface area contributed by atoms with Crippen molar-refractivity contribution in [2.24, 2.45) is 20.9 Å². The molecule has 1 unspecified atom stereocenters. The van der Waals surface area contributed by atoms with Crippen molar-refractivity contribution in [3.8, 4) is 0 Å². The van der Waals surface area contributed by atoms with Gasteiger partial charge in [0.05, 0.1) is 5.70 Å². The summed E-state index contributed by atoms with van der Waals surface area (Å²) in [4.78, 5) is 12.8. The number of fused-ring (bicyclic) bond motifs is 1. The number of nitrogens with zero attached hydrogens (tertiary/aromatic N) is 3. The first kappa shape index (κ1) is 20.6. The van der Waals surface area contributed by atoms with Gasteiger partial charge in [-0.1, -0.05) is 18.2 Å². The zero-order chi connectivity index (χ0) is 20.8. The minimum atomic E-state index is -0.444. The zero-order valence-corrected chi connectivity index (χ0v) is 16.5. The van der Waals surface area contributed by atoms with E-state index >= 15 is 0 Å². The van der Waals surface area contributed by atoms with Crippen LogP contribution in [0, 0.1) is 18.7 Å². The van der Waals surface area contributed by atoms with E-state index < -0.39 is 5.83 Å². The first-order chi connectivity index (χ1) is 14.0. The van der Waals surface area contributed by atoms with Crippen LogP contribution in [0.4, 0.5) is 8.78 Å². The van der Waals surface area contributed by atoms with Gasteiger partial charge >= 0.3 is 0 Å². The lowest BCUT2D eigenvalue weighted by Crippen LogP contribution is -2.09. The molecule has 0 fully saturated rings. The maximum atomic E-state index is 13.4. The van der Waals surface area contributed by atoms with Crippen LogP contribution >= 0.6 is 0 Å². The highest BCUT2D eigenvalue weighted by Gasteiger charge is 2.22. The highest BCUT2D eigenvalue weighted by atomic mass is 19.1. The predicted molar refractivity (Wildman–Crippen MR) is 114 cm³/mol. The number of aliphatic imine (C=N–C) groups is 3. The van der Waals surface area contributed by atoms with Gasteiger partial charge < -0.3 is 4.74 Å². The second-order valence-electron chi connectivity index (χ2n) is 6.79. The number of ether oxygens (including phenoxy) is 1. The number of allylic oxidation sites excluding steroid dienone is 5. The first-order valence-corrected chi connectivity index (χ1v) is 9.43. The Labute approximate surface area is 169 Å². The molecule has 2 aliphatic heterocycles. The number of hydrogen-bond donors (Lipinski definition) is 0. The summed E-state index contributed by atoms with van der Waals surface area (Å²) in [6.45, 7) is 7.02. The van der Waals surface area contributed by atoms with Gasteiger partial charge in [-0.15, -0.1) is 0 Å². The Bertz CT molecular complexity index is 984. The molecule has 0 aliphatic carbocycles. The van der Waals surface area contributed by atoms with Gasteiger partial charge in [0, 0.05) is 18.2 Å². The third-order valence-electron chi connectivity index (χ3n) is 4.72. The van der Waals surface area contributed by atoms with E-state index in [4.69, 9.17) is 4.74 Å². The number of benzene rings is 1. The van der Waals surface area contributed by atoms with Crippen LogP contribution in [-0.4, -0.2) is 25.4 Å². The molecule has 1 aromatic rings. The fourth-order valence-corrected chi connectivity index (χ4v) is 3.21. The summed E-state index contributed by atoms with van der Waals surface area (Å²) in [6, 6.07) is 4.75. The molecule has 0 aromatic heterocycles. The Morgan fingerprint density at radius 1 is 1.41 bits per heavy atom. The van der Waals surface area contributed by atoms with Gasteiger partial charge in [0.1, 0.15) is 24.1 Å². The molecule has 150 valence electrons. The zero-order valence-electron chi connectivity index (χ0n) is 16.5. The van der Waals surface area contributed by atoms with Gasteiger partial charge in [0.15, 0.2) is 0 Å². The lowest BCUT2D eigenvalue weighted by molar-refractivity contribution is 0.236. The van der Waals surface area contributed by atoms with Crippen molar-refractivity contribution in [3.63, 3.8) is 0 Å². The molecule has 2 heterocycles. The summed E-state index contributed by atoms with van der Waals surface area (Å²) in [7, 11) is 0. The molecular formula is C23H23F2N3O. The van der Waals surface area contributed by atoms with E-state index in [9.17, 15) is 8.78 Å². The van der Waals surface area contributed by atoms with E-state index in [1.807, 2.05) is 13.0 Å². The largest absolute Gasteiger partial charge is 0.471 e. The van der Waals surface area contributed by atoms with Crippen molar-refractivity contribution in [1.82, 2.24) is 0 Å². The molecule has 1 aromatic carbocycles. The summed E-state index contributed by atoms with van der Waals surface area (Å²) in [5, 5.41) is 0. The predicted octanol–water partition coefficient (Wildman–Crippen LogP) is 5.73. The summed E-state index contributed by atoms with van der Waals surface area (Å²) in [5.41, 5.74) is 3.50. The Morgan fingerprint density at radius 2 is 2.24 bits per heavy atom. The van der Waals surface area contributed by atoms with E-state index in [1.165, 1.54) is 24.3 Å². The second-order valence-corrected chi connectivity index (χ2v) is 6.79. The maximum Gasteiger partial charge on any atom is 0.215 e. The highest BCUT2D eigenvalue weighted by Crippen LogP contribution is 2.27. The Morgan fingerprint density at radius 3 is 2.97 bits per heavy atom. The number of aryl methyl sites for hydroxylation is 1. The minimum Gasteiger partial charge on any atom is -0.471 e. The summed E-state index contributed by atoms with van der Waals surface area (Å²) in [6.07, 6.45) is 10.1. The summed E-state index contributed by atoms with van der Waals surface area (Å²) in [5.74, 6) is 0.227. The van der Waals surface area contributed by atoms with Gasteiger partial charge in [0.2, 0.25) is 5.88 Å². The van der Waals surface area contributed by atoms with E-state index in [0.29, 0.717) is 5.84 Å². The molecule has 0 saturated carbocycles. The molecule has 0 radical (unpaired) electrons. The molecule has 0 saturated heterocycles. The van der Waals surface area contributed by atoms with Crippen LogP contribution in [-0.2, 0) is 4.74 Å². The number of halogens is 2. The Hall–Kier alpha value is -3.15. The minimum absolute atomic E-state index is 0.102. The van der Waals surface area contributed by atoms with Crippen LogP contribution in [0.25, 0.3) is 5.57 Å². The Balaban J connectivity index is 1.72. The van der Waals surface area contributed by atoms with Crippen molar-refractivity contribution in [1.29, 1.82) is 0 Å². The maximum absolute atomic E-state index is 13.4. The van der Waals surface area contributed by atoms with Crippen molar-refractivity contribution in [2.75, 3.05) is 6.61 Å². The van der Waals surface area contributed by atoms with Gasteiger partial charge in [-0.25, -0.2) is 23.8 Å². The smallest absolute Gasteiger partial charge is 0.215 e. The highest BCUT2D eigenvalue weighted by molar-refractivity contribution is 6.14. The Kier molecular flexibility index (Phi) is 6.65. The van der Waals surface area contributed by atoms with Gasteiger partial charge in [0.25, 0.3) is 0 Å². The molecule has 0 amide bonds. The molecule has 1 atom stereocenters. The molecule has 29 heavy (non-hydrogen) atoms. The number of amidine groups is 1. The van der Waals surface area contributed by atoms with Gasteiger partial charge in [-0.05, 0) is 68.3 Å². The van der Waals surface area contributed by atoms with E-state index in [-0.39, 0.29) is 24.2 Å². The second kappa shape index (κ2) is 9.37. The van der Waals surface area contributed by atoms with Crippen LogP contribution in [0.1, 0.15) is 30.9 Å². The summed E-state index contributed by atoms with van der Waals surface area (Å²) < 4.78 is 32.3. The van der Waals surface area contributed by atoms with Gasteiger partial charge in [-0.3, -0.25) is 0 Å². The number of rotatable bonds is 6. The van der Waals surface area contributed by atoms with Crippen molar-refractivity contribution < 1.29 is 13.5 Å². The normalized spacial score (nSPS) is 21.4. The lowest BCUT2D eigenvalue weighted by atomic mass is 9.96. The van der Waals surface area contributed by atoms with E-state index in [2.05, 4.69) is 27.8 Å². The standard InChI is InChI=1S/C23H23F2N3O/c1-4-18(24)12-22(26-3)29-14-20-11-16-6-5-7-17(13-27-23(16)28-20)21-9-8-19(25)10-15(21)2/h4,7-13,16H,3,5-6,14H2,1-2H3/b17-7+,18-4+,22-12+,27-13?. The third-order valence-corrected chi connectivity index (χ3v) is 4.72. The van der Waals surface area contributed by atoms with Crippen molar-refractivity contribution >= 4 is 24.3 Å². The quantitative estimate of drug-likeness (QED) is 0.345. The van der Waals surface area contributed by atoms with Crippen LogP contribution in [0.2, 0.25) is 0 Å². The average molecular weight is 395 g/mol. The number of hydrogen-bond acceptors (Lipinski definition) is 4. The molecule has 0 N–H and O–H groups in total.